The van der Waals surface area contributed by atoms with Crippen molar-refractivity contribution in [3.05, 3.63) is 0 Å². The quantitative estimate of drug-likeness (QED) is 0.0561. The fraction of sp³-hybridized carbons (Fsp3) is 0.949. The molecule has 1 N–H and O–H groups in total. The summed E-state index contributed by atoms with van der Waals surface area (Å²) in [6.07, 6.45) is 35.8. The second-order valence-electron chi connectivity index (χ2n) is 13.9. The Labute approximate surface area is 274 Å². The number of unbranched alkanes of at least 4 members (excludes halogenated alkanes) is 25. The lowest BCUT2D eigenvalue weighted by atomic mass is 10.0. The molecule has 0 saturated heterocycles. The van der Waals surface area contributed by atoms with E-state index in [2.05, 4.69) is 20.8 Å². The Morgan fingerprint density at radius 2 is 0.727 bits per heavy atom. The number of rotatable bonds is 35. The van der Waals surface area contributed by atoms with Crippen LogP contribution in [0.1, 0.15) is 213 Å². The van der Waals surface area contributed by atoms with Gasteiger partial charge in [-0.15, -0.1) is 0 Å². The average Bonchev–Trinajstić information content (AvgIpc) is 3.00. The van der Waals surface area contributed by atoms with Crippen LogP contribution in [-0.2, 0) is 19.1 Å². The van der Waals surface area contributed by atoms with E-state index in [0.29, 0.717) is 12.8 Å². The molecule has 0 fully saturated rings. The van der Waals surface area contributed by atoms with Crippen LogP contribution in [0.15, 0.2) is 0 Å². The van der Waals surface area contributed by atoms with E-state index in [0.717, 1.165) is 31.6 Å². The van der Waals surface area contributed by atoms with Gasteiger partial charge in [-0.1, -0.05) is 188 Å². The number of carbonyl (C=O) groups is 2. The van der Waals surface area contributed by atoms with E-state index in [4.69, 9.17) is 9.47 Å². The molecule has 1 atom stereocenters. The monoisotopic (exact) mass is 625 g/mol. The third-order valence-corrected chi connectivity index (χ3v) is 8.77. The predicted octanol–water partition coefficient (Wildman–Crippen LogP) is 11.8. The average molecular weight is 625 g/mol. The molecule has 0 amide bonds. The Morgan fingerprint density at radius 1 is 0.455 bits per heavy atom. The van der Waals surface area contributed by atoms with Crippen molar-refractivity contribution in [3.8, 4) is 0 Å². The first-order valence-electron chi connectivity index (χ1n) is 19.4. The number of esters is 2. The molecule has 0 bridgehead atoms. The van der Waals surface area contributed by atoms with Gasteiger partial charge in [0.15, 0.2) is 0 Å². The molecule has 0 spiro atoms. The summed E-state index contributed by atoms with van der Waals surface area (Å²) in [5.41, 5.74) is 0. The number of ether oxygens (including phenoxy) is 2. The van der Waals surface area contributed by atoms with Gasteiger partial charge in [-0.2, -0.15) is 0 Å². The van der Waals surface area contributed by atoms with Crippen molar-refractivity contribution in [1.82, 2.24) is 0 Å². The summed E-state index contributed by atoms with van der Waals surface area (Å²) in [6, 6.07) is 0. The van der Waals surface area contributed by atoms with Crippen molar-refractivity contribution < 1.29 is 24.2 Å². The van der Waals surface area contributed by atoms with E-state index in [1.54, 1.807) is 0 Å². The van der Waals surface area contributed by atoms with Gasteiger partial charge in [0.2, 0.25) is 0 Å². The molecule has 0 unspecified atom stereocenters. The van der Waals surface area contributed by atoms with Crippen LogP contribution in [0.4, 0.5) is 0 Å². The standard InChI is InChI=1S/C39H76O5/c1-4-5-6-7-8-9-10-11-14-17-20-23-26-29-32-38(41)43-34-37(40)35-44-39(42)33-30-27-24-21-18-15-12-13-16-19-22-25-28-31-36(2)3/h36-37,40H,4-35H2,1-3H3/t37-/m1/s1. The van der Waals surface area contributed by atoms with E-state index in [9.17, 15) is 14.7 Å². The molecule has 0 aliphatic carbocycles. The smallest absolute Gasteiger partial charge is 0.305 e. The fourth-order valence-corrected chi connectivity index (χ4v) is 5.80. The van der Waals surface area contributed by atoms with Gasteiger partial charge >= 0.3 is 11.9 Å². The maximum Gasteiger partial charge on any atom is 0.305 e. The maximum absolute atomic E-state index is 12.0. The van der Waals surface area contributed by atoms with E-state index in [1.165, 1.54) is 154 Å². The van der Waals surface area contributed by atoms with Gasteiger partial charge in [0, 0.05) is 12.8 Å². The van der Waals surface area contributed by atoms with Crippen molar-refractivity contribution in [1.29, 1.82) is 0 Å². The molecule has 0 saturated carbocycles. The van der Waals surface area contributed by atoms with Crippen LogP contribution in [0.2, 0.25) is 0 Å². The highest BCUT2D eigenvalue weighted by atomic mass is 16.6. The minimum atomic E-state index is -0.955. The van der Waals surface area contributed by atoms with E-state index >= 15 is 0 Å². The van der Waals surface area contributed by atoms with Crippen molar-refractivity contribution in [2.75, 3.05) is 13.2 Å². The lowest BCUT2D eigenvalue weighted by Gasteiger charge is -2.12. The summed E-state index contributed by atoms with van der Waals surface area (Å²) in [5, 5.41) is 10.00. The zero-order valence-electron chi connectivity index (χ0n) is 29.9. The highest BCUT2D eigenvalue weighted by molar-refractivity contribution is 5.69. The summed E-state index contributed by atoms with van der Waals surface area (Å²) in [7, 11) is 0. The molecular formula is C39H76O5. The van der Waals surface area contributed by atoms with Gasteiger partial charge in [-0.25, -0.2) is 0 Å². The summed E-state index contributed by atoms with van der Waals surface area (Å²) in [6.45, 7) is 6.67. The van der Waals surface area contributed by atoms with E-state index in [-0.39, 0.29) is 25.2 Å². The van der Waals surface area contributed by atoms with Crippen LogP contribution in [0.5, 0.6) is 0 Å². The lowest BCUT2D eigenvalue weighted by molar-refractivity contribution is -0.152. The normalized spacial score (nSPS) is 12.1. The fourth-order valence-electron chi connectivity index (χ4n) is 5.80. The van der Waals surface area contributed by atoms with Crippen molar-refractivity contribution >= 4 is 11.9 Å². The molecule has 0 radical (unpaired) electrons. The number of hydrogen-bond acceptors (Lipinski definition) is 5. The van der Waals surface area contributed by atoms with Crippen LogP contribution < -0.4 is 0 Å². The molecule has 5 heteroatoms. The molecule has 0 heterocycles. The molecule has 0 rings (SSSR count). The predicted molar refractivity (Wildman–Crippen MR) is 187 cm³/mol. The first-order chi connectivity index (χ1) is 21.5. The Kier molecular flexibility index (Phi) is 33.9. The number of aliphatic hydroxyl groups is 1. The summed E-state index contributed by atoms with van der Waals surface area (Å²) < 4.78 is 10.3. The van der Waals surface area contributed by atoms with Crippen molar-refractivity contribution in [2.45, 2.75) is 219 Å². The number of carbonyl (C=O) groups excluding carboxylic acids is 2. The second kappa shape index (κ2) is 34.8. The molecule has 5 nitrogen and oxygen atoms in total. The second-order valence-corrected chi connectivity index (χ2v) is 13.9. The Balaban J connectivity index is 3.38. The van der Waals surface area contributed by atoms with E-state index in [1.807, 2.05) is 0 Å². The lowest BCUT2D eigenvalue weighted by Crippen LogP contribution is -2.25. The topological polar surface area (TPSA) is 72.8 Å². The highest BCUT2D eigenvalue weighted by Gasteiger charge is 2.12. The Bertz CT molecular complexity index is 605. The first kappa shape index (κ1) is 42.9. The Hall–Kier alpha value is -1.10. The van der Waals surface area contributed by atoms with Gasteiger partial charge < -0.3 is 14.6 Å². The van der Waals surface area contributed by atoms with Crippen LogP contribution in [0.25, 0.3) is 0 Å². The summed E-state index contributed by atoms with van der Waals surface area (Å²) >= 11 is 0. The number of hydrogen-bond donors (Lipinski definition) is 1. The third-order valence-electron chi connectivity index (χ3n) is 8.77. The van der Waals surface area contributed by atoms with Gasteiger partial charge in [0.1, 0.15) is 19.3 Å². The summed E-state index contributed by atoms with van der Waals surface area (Å²) in [5.74, 6) is 0.296. The van der Waals surface area contributed by atoms with Gasteiger partial charge in [-0.05, 0) is 18.8 Å². The zero-order valence-corrected chi connectivity index (χ0v) is 29.9. The molecule has 44 heavy (non-hydrogen) atoms. The minimum Gasteiger partial charge on any atom is -0.463 e. The third kappa shape index (κ3) is 35.4. The molecule has 0 aromatic carbocycles. The molecule has 0 aromatic heterocycles. The van der Waals surface area contributed by atoms with Crippen LogP contribution in [0.3, 0.4) is 0 Å². The van der Waals surface area contributed by atoms with Crippen LogP contribution >= 0.6 is 0 Å². The van der Waals surface area contributed by atoms with Crippen molar-refractivity contribution in [3.63, 3.8) is 0 Å². The Morgan fingerprint density at radius 3 is 1.02 bits per heavy atom. The molecule has 0 aliphatic rings. The number of aliphatic hydroxyl groups excluding tert-OH is 1. The largest absolute Gasteiger partial charge is 0.463 e. The van der Waals surface area contributed by atoms with Gasteiger partial charge in [0.25, 0.3) is 0 Å². The molecule has 262 valence electrons. The van der Waals surface area contributed by atoms with E-state index < -0.39 is 6.10 Å². The van der Waals surface area contributed by atoms with Crippen molar-refractivity contribution in [2.24, 2.45) is 5.92 Å². The summed E-state index contributed by atoms with van der Waals surface area (Å²) in [4.78, 5) is 23.9. The highest BCUT2D eigenvalue weighted by Crippen LogP contribution is 2.16. The van der Waals surface area contributed by atoms with Crippen LogP contribution in [-0.4, -0.2) is 36.4 Å². The molecule has 0 aromatic rings. The van der Waals surface area contributed by atoms with Crippen LogP contribution in [0, 0.1) is 5.92 Å². The SMILES string of the molecule is CCCCCCCCCCCCCCCCC(=O)OC[C@@H](O)COC(=O)CCCCCCCCCCCCCCCC(C)C. The zero-order chi connectivity index (χ0) is 32.4. The first-order valence-corrected chi connectivity index (χ1v) is 19.4. The minimum absolute atomic E-state index is 0.108. The maximum atomic E-state index is 12.0. The molecule has 0 aliphatic heterocycles. The van der Waals surface area contributed by atoms with Gasteiger partial charge in [-0.3, -0.25) is 9.59 Å². The van der Waals surface area contributed by atoms with Gasteiger partial charge in [0.05, 0.1) is 0 Å². The molecular weight excluding hydrogens is 548 g/mol.